The lowest BCUT2D eigenvalue weighted by atomic mass is 9.70. The van der Waals surface area contributed by atoms with Crippen molar-refractivity contribution in [3.8, 4) is 0 Å². The van der Waals surface area contributed by atoms with Crippen molar-refractivity contribution < 1.29 is 0 Å². The lowest BCUT2D eigenvalue weighted by molar-refractivity contribution is 0.137. The van der Waals surface area contributed by atoms with Crippen molar-refractivity contribution in [2.24, 2.45) is 16.7 Å². The summed E-state index contributed by atoms with van der Waals surface area (Å²) in [6.07, 6.45) is 4.06. The van der Waals surface area contributed by atoms with Crippen LogP contribution >= 0.6 is 0 Å². The minimum absolute atomic E-state index is 0.355. The van der Waals surface area contributed by atoms with Gasteiger partial charge in [0.05, 0.1) is 0 Å². The summed E-state index contributed by atoms with van der Waals surface area (Å²) in [4.78, 5) is 2.29. The minimum atomic E-state index is 0.355. The van der Waals surface area contributed by atoms with Gasteiger partial charge < -0.3 is 10.2 Å². The van der Waals surface area contributed by atoms with Gasteiger partial charge in [0.1, 0.15) is 0 Å². The molecular formula is C16H34N2. The molecule has 1 saturated carbocycles. The van der Waals surface area contributed by atoms with Crippen molar-refractivity contribution in [2.75, 3.05) is 27.2 Å². The average Bonchev–Trinajstić information content (AvgIpc) is 2.09. The predicted molar refractivity (Wildman–Crippen MR) is 80.9 cm³/mol. The van der Waals surface area contributed by atoms with E-state index >= 15 is 0 Å². The Bertz CT molecular complexity index is 256. The van der Waals surface area contributed by atoms with Gasteiger partial charge in [-0.15, -0.1) is 0 Å². The van der Waals surface area contributed by atoms with Gasteiger partial charge in [0.25, 0.3) is 0 Å². The maximum Gasteiger partial charge on any atom is 0.00749 e. The Morgan fingerprint density at radius 3 is 2.33 bits per heavy atom. The fraction of sp³-hybridized carbons (Fsp3) is 1.00. The molecule has 0 aromatic carbocycles. The molecule has 108 valence electrons. The van der Waals surface area contributed by atoms with Crippen molar-refractivity contribution in [2.45, 2.75) is 59.9 Å². The summed E-state index contributed by atoms with van der Waals surface area (Å²) in [6.45, 7) is 14.2. The normalized spacial score (nSPS) is 28.7. The molecule has 0 heterocycles. The molecule has 1 rings (SSSR count). The first-order valence-electron chi connectivity index (χ1n) is 7.48. The molecule has 1 aliphatic carbocycles. The third-order valence-electron chi connectivity index (χ3n) is 4.00. The summed E-state index contributed by atoms with van der Waals surface area (Å²) in [7, 11) is 4.32. The fourth-order valence-corrected chi connectivity index (χ4v) is 3.83. The monoisotopic (exact) mass is 254 g/mol. The van der Waals surface area contributed by atoms with E-state index in [1.165, 1.54) is 19.3 Å². The first kappa shape index (κ1) is 16.0. The van der Waals surface area contributed by atoms with Gasteiger partial charge in [0.15, 0.2) is 0 Å². The number of nitrogens with zero attached hydrogens (tertiary/aromatic N) is 1. The van der Waals surface area contributed by atoms with Gasteiger partial charge in [0.2, 0.25) is 0 Å². The summed E-state index contributed by atoms with van der Waals surface area (Å²) in [5.41, 5.74) is 0.870. The van der Waals surface area contributed by atoms with Gasteiger partial charge in [-0.2, -0.15) is 0 Å². The summed E-state index contributed by atoms with van der Waals surface area (Å²) < 4.78 is 0. The Kier molecular flexibility index (Phi) is 5.25. The Morgan fingerprint density at radius 2 is 1.83 bits per heavy atom. The van der Waals surface area contributed by atoms with Crippen LogP contribution in [0.3, 0.4) is 0 Å². The molecule has 0 spiro atoms. The molecule has 2 atom stereocenters. The molecule has 1 fully saturated rings. The van der Waals surface area contributed by atoms with Gasteiger partial charge >= 0.3 is 0 Å². The van der Waals surface area contributed by atoms with E-state index in [1.807, 2.05) is 0 Å². The molecule has 2 unspecified atom stereocenters. The van der Waals surface area contributed by atoms with Crippen molar-refractivity contribution in [1.29, 1.82) is 0 Å². The van der Waals surface area contributed by atoms with Gasteiger partial charge in [-0.3, -0.25) is 0 Å². The van der Waals surface area contributed by atoms with Crippen LogP contribution in [0.4, 0.5) is 0 Å². The van der Waals surface area contributed by atoms with E-state index in [4.69, 9.17) is 0 Å². The van der Waals surface area contributed by atoms with Crippen LogP contribution in [0.2, 0.25) is 0 Å². The van der Waals surface area contributed by atoms with E-state index in [9.17, 15) is 0 Å². The molecule has 0 amide bonds. The van der Waals surface area contributed by atoms with E-state index < -0.39 is 0 Å². The number of hydrogen-bond donors (Lipinski definition) is 1. The Hall–Kier alpha value is -0.0800. The minimum Gasteiger partial charge on any atom is -0.313 e. The second kappa shape index (κ2) is 5.92. The molecule has 2 nitrogen and oxygen atoms in total. The van der Waals surface area contributed by atoms with Crippen molar-refractivity contribution in [3.63, 3.8) is 0 Å². The molecular weight excluding hydrogens is 220 g/mol. The van der Waals surface area contributed by atoms with Crippen LogP contribution in [0.25, 0.3) is 0 Å². The van der Waals surface area contributed by atoms with Crippen molar-refractivity contribution in [3.05, 3.63) is 0 Å². The van der Waals surface area contributed by atoms with Crippen LogP contribution in [-0.4, -0.2) is 38.1 Å². The largest absolute Gasteiger partial charge is 0.313 e. The average molecular weight is 254 g/mol. The third kappa shape index (κ3) is 5.71. The maximum atomic E-state index is 3.83. The Balaban J connectivity index is 2.43. The maximum absolute atomic E-state index is 3.83. The van der Waals surface area contributed by atoms with Gasteiger partial charge in [-0.05, 0) is 50.1 Å². The zero-order valence-electron chi connectivity index (χ0n) is 13.6. The van der Waals surface area contributed by atoms with E-state index in [1.54, 1.807) is 0 Å². The summed E-state index contributed by atoms with van der Waals surface area (Å²) in [5.74, 6) is 0.864. The van der Waals surface area contributed by atoms with Crippen molar-refractivity contribution >= 4 is 0 Å². The molecule has 1 aliphatic rings. The highest BCUT2D eigenvalue weighted by Crippen LogP contribution is 2.38. The quantitative estimate of drug-likeness (QED) is 0.809. The molecule has 0 radical (unpaired) electrons. The molecule has 0 saturated heterocycles. The summed E-state index contributed by atoms with van der Waals surface area (Å²) >= 11 is 0. The second-order valence-electron chi connectivity index (χ2n) is 8.39. The van der Waals surface area contributed by atoms with Crippen molar-refractivity contribution in [1.82, 2.24) is 10.2 Å². The molecule has 1 N–H and O–H groups in total. The Morgan fingerprint density at radius 1 is 1.22 bits per heavy atom. The van der Waals surface area contributed by atoms with Crippen LogP contribution in [0.1, 0.15) is 53.9 Å². The molecule has 2 heteroatoms. The predicted octanol–water partition coefficient (Wildman–Crippen LogP) is 3.38. The lowest BCUT2D eigenvalue weighted by Crippen LogP contribution is -2.45. The zero-order valence-corrected chi connectivity index (χ0v) is 13.6. The summed E-state index contributed by atoms with van der Waals surface area (Å²) in [6, 6.07) is 0.713. The van der Waals surface area contributed by atoms with Gasteiger partial charge in [-0.1, -0.05) is 34.6 Å². The van der Waals surface area contributed by atoms with E-state index in [2.05, 4.69) is 58.9 Å². The first-order valence-corrected chi connectivity index (χ1v) is 7.48. The standard InChI is InChI=1S/C16H34N2/c1-13-8-14(10-15(2,3)9-13)17-11-16(4,5)12-18(6)7/h13-14,17H,8-12H2,1-7H3. The number of nitrogens with one attached hydrogen (secondary N) is 1. The third-order valence-corrected chi connectivity index (χ3v) is 4.00. The summed E-state index contributed by atoms with van der Waals surface area (Å²) in [5, 5.41) is 3.83. The Labute approximate surface area is 115 Å². The number of hydrogen-bond acceptors (Lipinski definition) is 2. The van der Waals surface area contributed by atoms with Crippen LogP contribution in [0, 0.1) is 16.7 Å². The van der Waals surface area contributed by atoms with Crippen LogP contribution in [0.15, 0.2) is 0 Å². The SMILES string of the molecule is CC1CC(NCC(C)(C)CN(C)C)CC(C)(C)C1. The van der Waals surface area contributed by atoms with Crippen LogP contribution in [0.5, 0.6) is 0 Å². The molecule has 0 aromatic rings. The molecule has 0 aromatic heterocycles. The molecule has 0 bridgehead atoms. The smallest absolute Gasteiger partial charge is 0.00749 e. The van der Waals surface area contributed by atoms with E-state index in [0.29, 0.717) is 16.9 Å². The highest BCUT2D eigenvalue weighted by Gasteiger charge is 2.32. The zero-order chi connectivity index (χ0) is 14.0. The van der Waals surface area contributed by atoms with E-state index in [0.717, 1.165) is 19.0 Å². The molecule has 18 heavy (non-hydrogen) atoms. The van der Waals surface area contributed by atoms with Gasteiger partial charge in [-0.25, -0.2) is 0 Å². The second-order valence-corrected chi connectivity index (χ2v) is 8.39. The van der Waals surface area contributed by atoms with Crippen LogP contribution in [-0.2, 0) is 0 Å². The topological polar surface area (TPSA) is 15.3 Å². The highest BCUT2D eigenvalue weighted by atomic mass is 15.1. The lowest BCUT2D eigenvalue weighted by Gasteiger charge is -2.41. The van der Waals surface area contributed by atoms with Gasteiger partial charge in [0, 0.05) is 19.1 Å². The van der Waals surface area contributed by atoms with Crippen LogP contribution < -0.4 is 5.32 Å². The fourth-order valence-electron chi connectivity index (χ4n) is 3.83. The molecule has 0 aliphatic heterocycles. The first-order chi connectivity index (χ1) is 8.10. The number of rotatable bonds is 5. The van der Waals surface area contributed by atoms with E-state index in [-0.39, 0.29) is 0 Å². The highest BCUT2D eigenvalue weighted by molar-refractivity contribution is 4.88.